The van der Waals surface area contributed by atoms with E-state index in [1.165, 1.54) is 6.07 Å². The van der Waals surface area contributed by atoms with Crippen molar-refractivity contribution in [1.29, 1.82) is 0 Å². The van der Waals surface area contributed by atoms with Gasteiger partial charge in [0.25, 0.3) is 11.6 Å². The summed E-state index contributed by atoms with van der Waals surface area (Å²) >= 11 is 0. The molecule has 0 saturated heterocycles. The van der Waals surface area contributed by atoms with E-state index in [9.17, 15) is 14.9 Å². The van der Waals surface area contributed by atoms with E-state index in [-0.39, 0.29) is 34.4 Å². The Labute approximate surface area is 170 Å². The van der Waals surface area contributed by atoms with Gasteiger partial charge in [0.1, 0.15) is 0 Å². The second-order valence-electron chi connectivity index (χ2n) is 7.74. The van der Waals surface area contributed by atoms with Gasteiger partial charge in [-0.15, -0.1) is 0 Å². The van der Waals surface area contributed by atoms with Gasteiger partial charge in [-0.3, -0.25) is 14.9 Å². The molecule has 2 N–H and O–H groups in total. The number of fused-ring (bicyclic) bond motifs is 3. The second-order valence-corrected chi connectivity index (χ2v) is 7.74. The zero-order chi connectivity index (χ0) is 20.4. The molecule has 0 spiro atoms. The lowest BCUT2D eigenvalue weighted by Gasteiger charge is -2.37. The van der Waals surface area contributed by atoms with Crippen LogP contribution in [0.4, 0.5) is 11.4 Å². The van der Waals surface area contributed by atoms with Gasteiger partial charge < -0.3 is 10.6 Å². The van der Waals surface area contributed by atoms with Crippen LogP contribution in [0.1, 0.15) is 59.6 Å². The van der Waals surface area contributed by atoms with Crippen molar-refractivity contribution in [2.75, 3.05) is 11.9 Å². The highest BCUT2D eigenvalue weighted by molar-refractivity contribution is 5.95. The van der Waals surface area contributed by atoms with Gasteiger partial charge in [-0.05, 0) is 48.1 Å². The third-order valence-corrected chi connectivity index (χ3v) is 5.88. The lowest BCUT2D eigenvalue weighted by molar-refractivity contribution is -0.384. The number of rotatable bonds is 6. The average molecular weight is 391 g/mol. The van der Waals surface area contributed by atoms with Crippen LogP contribution in [0.15, 0.2) is 54.6 Å². The number of non-ortho nitro benzene ring substituents is 1. The van der Waals surface area contributed by atoms with E-state index in [0.717, 1.165) is 36.1 Å². The lowest BCUT2D eigenvalue weighted by atomic mass is 9.76. The predicted molar refractivity (Wildman–Crippen MR) is 113 cm³/mol. The number of carbonyl (C=O) groups is 1. The molecule has 0 fully saturated rings. The largest absolute Gasteiger partial charge is 0.378 e. The molecule has 1 heterocycles. The standard InChI is InChI=1S/C23H25N3O3/c1-2-3-12-24-23(27)16-10-11-21-20(14-16)18-8-5-9-19(18)22(25-21)15-6-4-7-17(13-15)26(28)29/h4-8,10-11,13-14,18-19,22,25H,2-3,9,12H2,1H3,(H,24,27). The van der Waals surface area contributed by atoms with Crippen LogP contribution in [0.5, 0.6) is 0 Å². The fourth-order valence-corrected chi connectivity index (χ4v) is 4.38. The van der Waals surface area contributed by atoms with Crippen molar-refractivity contribution < 1.29 is 9.72 Å². The van der Waals surface area contributed by atoms with Crippen molar-refractivity contribution in [3.05, 3.63) is 81.4 Å². The molecule has 150 valence electrons. The molecule has 3 atom stereocenters. The smallest absolute Gasteiger partial charge is 0.269 e. The molecule has 0 saturated carbocycles. The van der Waals surface area contributed by atoms with Gasteiger partial charge in [0.05, 0.1) is 11.0 Å². The van der Waals surface area contributed by atoms with Crippen molar-refractivity contribution >= 4 is 17.3 Å². The normalized spacial score (nSPS) is 21.8. The molecule has 4 rings (SSSR count). The van der Waals surface area contributed by atoms with E-state index >= 15 is 0 Å². The minimum atomic E-state index is -0.353. The quantitative estimate of drug-likeness (QED) is 0.316. The van der Waals surface area contributed by atoms with Crippen molar-refractivity contribution in [2.24, 2.45) is 5.92 Å². The molecule has 1 aliphatic heterocycles. The van der Waals surface area contributed by atoms with Gasteiger partial charge in [-0.25, -0.2) is 0 Å². The molecule has 0 bridgehead atoms. The van der Waals surface area contributed by atoms with Gasteiger partial charge in [0, 0.05) is 35.8 Å². The summed E-state index contributed by atoms with van der Waals surface area (Å²) in [5.41, 5.74) is 3.81. The number of nitrogens with zero attached hydrogens (tertiary/aromatic N) is 1. The molecule has 0 aromatic heterocycles. The summed E-state index contributed by atoms with van der Waals surface area (Å²) in [5, 5.41) is 17.7. The molecule has 6 heteroatoms. The predicted octanol–water partition coefficient (Wildman–Crippen LogP) is 4.95. The van der Waals surface area contributed by atoms with E-state index in [0.29, 0.717) is 12.1 Å². The monoisotopic (exact) mass is 391 g/mol. The van der Waals surface area contributed by atoms with Crippen LogP contribution < -0.4 is 10.6 Å². The van der Waals surface area contributed by atoms with Crippen LogP contribution in [-0.2, 0) is 0 Å². The molecule has 29 heavy (non-hydrogen) atoms. The topological polar surface area (TPSA) is 84.3 Å². The van der Waals surface area contributed by atoms with E-state index in [1.54, 1.807) is 12.1 Å². The zero-order valence-electron chi connectivity index (χ0n) is 16.4. The number of nitro benzene ring substituents is 1. The Morgan fingerprint density at radius 1 is 1.28 bits per heavy atom. The maximum atomic E-state index is 12.5. The van der Waals surface area contributed by atoms with Crippen molar-refractivity contribution in [2.45, 2.75) is 38.1 Å². The molecule has 1 aliphatic carbocycles. The van der Waals surface area contributed by atoms with Crippen LogP contribution in [0.3, 0.4) is 0 Å². The third kappa shape index (κ3) is 3.75. The Bertz CT molecular complexity index is 970. The Balaban J connectivity index is 1.63. The van der Waals surface area contributed by atoms with E-state index in [1.807, 2.05) is 24.3 Å². The lowest BCUT2D eigenvalue weighted by Crippen LogP contribution is -2.30. The van der Waals surface area contributed by atoms with E-state index < -0.39 is 0 Å². The number of hydrogen-bond donors (Lipinski definition) is 2. The number of hydrogen-bond acceptors (Lipinski definition) is 4. The fourth-order valence-electron chi connectivity index (χ4n) is 4.38. The first kappa shape index (κ1) is 19.2. The first-order valence-electron chi connectivity index (χ1n) is 10.2. The summed E-state index contributed by atoms with van der Waals surface area (Å²) in [7, 11) is 0. The molecule has 2 aromatic rings. The maximum absolute atomic E-state index is 12.5. The molecule has 0 radical (unpaired) electrons. The number of amides is 1. The molecule has 2 aliphatic rings. The second kappa shape index (κ2) is 8.07. The first-order valence-corrected chi connectivity index (χ1v) is 10.2. The van der Waals surface area contributed by atoms with E-state index in [4.69, 9.17) is 0 Å². The Hall–Kier alpha value is -3.15. The Morgan fingerprint density at radius 3 is 2.93 bits per heavy atom. The van der Waals surface area contributed by atoms with Gasteiger partial charge in [0.2, 0.25) is 0 Å². The number of nitrogens with one attached hydrogen (secondary N) is 2. The highest BCUT2D eigenvalue weighted by Crippen LogP contribution is 2.50. The number of carbonyl (C=O) groups excluding carboxylic acids is 1. The molecular formula is C23H25N3O3. The van der Waals surface area contributed by atoms with Crippen LogP contribution in [0.2, 0.25) is 0 Å². The van der Waals surface area contributed by atoms with E-state index in [2.05, 4.69) is 29.7 Å². The summed E-state index contributed by atoms with van der Waals surface area (Å²) in [4.78, 5) is 23.3. The van der Waals surface area contributed by atoms with Crippen LogP contribution in [-0.4, -0.2) is 17.4 Å². The summed E-state index contributed by atoms with van der Waals surface area (Å²) in [6.45, 7) is 2.78. The maximum Gasteiger partial charge on any atom is 0.269 e. The van der Waals surface area contributed by atoms with Crippen LogP contribution in [0, 0.1) is 16.0 Å². The average Bonchev–Trinajstić information content (AvgIpc) is 3.23. The Morgan fingerprint density at radius 2 is 2.14 bits per heavy atom. The van der Waals surface area contributed by atoms with Gasteiger partial charge >= 0.3 is 0 Å². The third-order valence-electron chi connectivity index (χ3n) is 5.88. The highest BCUT2D eigenvalue weighted by atomic mass is 16.6. The summed E-state index contributed by atoms with van der Waals surface area (Å²) in [6, 6.07) is 12.6. The minimum absolute atomic E-state index is 0.00775. The number of allylic oxidation sites excluding steroid dienone is 2. The number of nitro groups is 1. The zero-order valence-corrected chi connectivity index (χ0v) is 16.4. The summed E-state index contributed by atoms with van der Waals surface area (Å²) < 4.78 is 0. The summed E-state index contributed by atoms with van der Waals surface area (Å²) in [6.07, 6.45) is 7.29. The molecule has 6 nitrogen and oxygen atoms in total. The Kier molecular flexibility index (Phi) is 5.34. The van der Waals surface area contributed by atoms with Crippen molar-refractivity contribution in [3.63, 3.8) is 0 Å². The SMILES string of the molecule is CCCCNC(=O)c1ccc2c(c1)C1C=CCC1C(c1cccc([N+](=O)[O-])c1)N2. The number of anilines is 1. The fraction of sp³-hybridized carbons (Fsp3) is 0.348. The first-order chi connectivity index (χ1) is 14.1. The van der Waals surface area contributed by atoms with Gasteiger partial charge in [0.15, 0.2) is 0 Å². The van der Waals surface area contributed by atoms with Crippen molar-refractivity contribution in [1.82, 2.24) is 5.32 Å². The highest BCUT2D eigenvalue weighted by Gasteiger charge is 2.38. The van der Waals surface area contributed by atoms with Gasteiger partial charge in [-0.2, -0.15) is 0 Å². The van der Waals surface area contributed by atoms with Crippen LogP contribution >= 0.6 is 0 Å². The number of unbranched alkanes of at least 4 members (excludes halogenated alkanes) is 1. The van der Waals surface area contributed by atoms with Crippen molar-refractivity contribution in [3.8, 4) is 0 Å². The molecule has 1 amide bonds. The molecular weight excluding hydrogens is 366 g/mol. The van der Waals surface area contributed by atoms with Gasteiger partial charge in [-0.1, -0.05) is 37.6 Å². The van der Waals surface area contributed by atoms with Crippen LogP contribution in [0.25, 0.3) is 0 Å². The minimum Gasteiger partial charge on any atom is -0.378 e. The molecule has 3 unspecified atom stereocenters. The molecule has 2 aromatic carbocycles. The number of benzene rings is 2. The summed E-state index contributed by atoms with van der Waals surface area (Å²) in [5.74, 6) is 0.419.